The molecule has 1 saturated heterocycles. The fourth-order valence-corrected chi connectivity index (χ4v) is 3.95. The molecule has 1 aromatic rings. The number of piperidine rings is 1. The van der Waals surface area contributed by atoms with Gasteiger partial charge < -0.3 is 15.2 Å². The SMILES string of the molecule is Cc1noc(C)c1C(=O)NC1CCNC2(CCCCC2)C1. The number of nitrogens with one attached hydrogen (secondary N) is 2. The molecule has 1 aliphatic heterocycles. The Balaban J connectivity index is 1.66. The summed E-state index contributed by atoms with van der Waals surface area (Å²) in [6, 6.07) is 0.255. The molecule has 5 heteroatoms. The van der Waals surface area contributed by atoms with E-state index in [4.69, 9.17) is 4.52 Å². The molecule has 1 spiro atoms. The molecule has 1 atom stereocenters. The molecule has 1 saturated carbocycles. The van der Waals surface area contributed by atoms with Crippen molar-refractivity contribution in [2.75, 3.05) is 6.54 Å². The van der Waals surface area contributed by atoms with Gasteiger partial charge in [-0.25, -0.2) is 0 Å². The first-order chi connectivity index (χ1) is 10.1. The Morgan fingerprint density at radius 2 is 2.10 bits per heavy atom. The summed E-state index contributed by atoms with van der Waals surface area (Å²) >= 11 is 0. The predicted octanol–water partition coefficient (Wildman–Crippen LogP) is 2.48. The Morgan fingerprint density at radius 1 is 1.33 bits per heavy atom. The summed E-state index contributed by atoms with van der Waals surface area (Å²) in [5, 5.41) is 10.8. The Morgan fingerprint density at radius 3 is 2.76 bits per heavy atom. The molecular formula is C16H25N3O2. The summed E-state index contributed by atoms with van der Waals surface area (Å²) in [6.45, 7) is 4.60. The van der Waals surface area contributed by atoms with Gasteiger partial charge in [-0.2, -0.15) is 0 Å². The van der Waals surface area contributed by atoms with Crippen LogP contribution >= 0.6 is 0 Å². The molecule has 2 aliphatic rings. The Kier molecular flexibility index (Phi) is 4.02. The predicted molar refractivity (Wildman–Crippen MR) is 80.3 cm³/mol. The zero-order valence-corrected chi connectivity index (χ0v) is 13.0. The van der Waals surface area contributed by atoms with Gasteiger partial charge in [0.2, 0.25) is 0 Å². The quantitative estimate of drug-likeness (QED) is 0.878. The number of nitrogens with zero attached hydrogens (tertiary/aromatic N) is 1. The average Bonchev–Trinajstić information content (AvgIpc) is 2.79. The van der Waals surface area contributed by atoms with E-state index in [9.17, 15) is 4.79 Å². The van der Waals surface area contributed by atoms with Crippen molar-refractivity contribution in [2.45, 2.75) is 70.4 Å². The van der Waals surface area contributed by atoms with Gasteiger partial charge in [0, 0.05) is 11.6 Å². The number of carbonyl (C=O) groups excluding carboxylic acids is 1. The van der Waals surface area contributed by atoms with E-state index < -0.39 is 0 Å². The van der Waals surface area contributed by atoms with E-state index in [1.165, 1.54) is 32.1 Å². The van der Waals surface area contributed by atoms with Gasteiger partial charge in [0.1, 0.15) is 11.3 Å². The highest BCUT2D eigenvalue weighted by atomic mass is 16.5. The van der Waals surface area contributed by atoms with Gasteiger partial charge in [0.25, 0.3) is 5.91 Å². The molecule has 0 bridgehead atoms. The zero-order valence-electron chi connectivity index (χ0n) is 13.0. The van der Waals surface area contributed by atoms with Crippen LogP contribution in [0.5, 0.6) is 0 Å². The summed E-state index contributed by atoms with van der Waals surface area (Å²) in [4.78, 5) is 12.5. The lowest BCUT2D eigenvalue weighted by Crippen LogP contribution is -2.57. The van der Waals surface area contributed by atoms with E-state index in [1.54, 1.807) is 6.92 Å². The maximum atomic E-state index is 12.5. The lowest BCUT2D eigenvalue weighted by atomic mass is 9.75. The summed E-state index contributed by atoms with van der Waals surface area (Å²) in [5.41, 5.74) is 1.53. The van der Waals surface area contributed by atoms with Gasteiger partial charge in [0.05, 0.1) is 5.69 Å². The van der Waals surface area contributed by atoms with Gasteiger partial charge in [-0.3, -0.25) is 4.79 Å². The maximum Gasteiger partial charge on any atom is 0.257 e. The smallest absolute Gasteiger partial charge is 0.257 e. The minimum Gasteiger partial charge on any atom is -0.361 e. The van der Waals surface area contributed by atoms with E-state index in [0.29, 0.717) is 17.0 Å². The van der Waals surface area contributed by atoms with E-state index in [0.717, 1.165) is 19.4 Å². The first kappa shape index (κ1) is 14.6. The maximum absolute atomic E-state index is 12.5. The number of aryl methyl sites for hydroxylation is 2. The summed E-state index contributed by atoms with van der Waals surface area (Å²) in [5.74, 6) is 0.565. The zero-order chi connectivity index (χ0) is 14.9. The van der Waals surface area contributed by atoms with E-state index in [1.807, 2.05) is 6.92 Å². The van der Waals surface area contributed by atoms with Crippen molar-refractivity contribution in [3.05, 3.63) is 17.0 Å². The Bertz CT molecular complexity index is 493. The average molecular weight is 291 g/mol. The monoisotopic (exact) mass is 291 g/mol. The molecule has 0 aromatic carbocycles. The highest BCUT2D eigenvalue weighted by molar-refractivity contribution is 5.96. The van der Waals surface area contributed by atoms with Gasteiger partial charge in [-0.1, -0.05) is 24.4 Å². The summed E-state index contributed by atoms with van der Waals surface area (Å²) in [7, 11) is 0. The molecular weight excluding hydrogens is 266 g/mol. The molecule has 2 fully saturated rings. The Labute approximate surface area is 125 Å². The number of hydrogen-bond donors (Lipinski definition) is 2. The second-order valence-corrected chi connectivity index (χ2v) is 6.63. The van der Waals surface area contributed by atoms with E-state index in [-0.39, 0.29) is 17.5 Å². The van der Waals surface area contributed by atoms with Gasteiger partial charge in [0.15, 0.2) is 0 Å². The van der Waals surface area contributed by atoms with E-state index >= 15 is 0 Å². The highest BCUT2D eigenvalue weighted by Crippen LogP contribution is 2.34. The number of aromatic nitrogens is 1. The number of rotatable bonds is 2. The van der Waals surface area contributed by atoms with Crippen molar-refractivity contribution in [3.63, 3.8) is 0 Å². The van der Waals surface area contributed by atoms with Crippen LogP contribution in [0, 0.1) is 13.8 Å². The topological polar surface area (TPSA) is 67.2 Å². The normalized spacial score (nSPS) is 25.0. The highest BCUT2D eigenvalue weighted by Gasteiger charge is 2.37. The fourth-order valence-electron chi connectivity index (χ4n) is 3.95. The summed E-state index contributed by atoms with van der Waals surface area (Å²) in [6.07, 6.45) is 8.48. The van der Waals surface area contributed by atoms with Crippen LogP contribution in [0.2, 0.25) is 0 Å². The molecule has 21 heavy (non-hydrogen) atoms. The molecule has 5 nitrogen and oxygen atoms in total. The second kappa shape index (κ2) is 5.79. The molecule has 1 aliphatic carbocycles. The van der Waals surface area contributed by atoms with Crippen molar-refractivity contribution >= 4 is 5.91 Å². The molecule has 1 unspecified atom stereocenters. The molecule has 1 amide bonds. The third-order valence-corrected chi connectivity index (χ3v) is 5.04. The Hall–Kier alpha value is -1.36. The molecule has 2 N–H and O–H groups in total. The molecule has 3 rings (SSSR count). The third kappa shape index (κ3) is 2.98. The summed E-state index contributed by atoms with van der Waals surface area (Å²) < 4.78 is 5.09. The van der Waals surface area contributed by atoms with Crippen molar-refractivity contribution in [3.8, 4) is 0 Å². The minimum absolute atomic E-state index is 0.0379. The van der Waals surface area contributed by atoms with Crippen molar-refractivity contribution < 1.29 is 9.32 Å². The molecule has 2 heterocycles. The van der Waals surface area contributed by atoms with Crippen LogP contribution in [-0.2, 0) is 0 Å². The van der Waals surface area contributed by atoms with Crippen molar-refractivity contribution in [1.29, 1.82) is 0 Å². The van der Waals surface area contributed by atoms with Crippen LogP contribution in [0.3, 0.4) is 0 Å². The van der Waals surface area contributed by atoms with Crippen LogP contribution in [0.1, 0.15) is 66.8 Å². The molecule has 116 valence electrons. The molecule has 1 aromatic heterocycles. The van der Waals surface area contributed by atoms with Crippen LogP contribution in [-0.4, -0.2) is 29.2 Å². The lowest BCUT2D eigenvalue weighted by Gasteiger charge is -2.44. The van der Waals surface area contributed by atoms with Gasteiger partial charge >= 0.3 is 0 Å². The van der Waals surface area contributed by atoms with Gasteiger partial charge in [-0.05, 0) is 46.1 Å². The van der Waals surface area contributed by atoms with Crippen LogP contribution in [0.15, 0.2) is 4.52 Å². The number of amides is 1. The molecule has 0 radical (unpaired) electrons. The standard InChI is InChI=1S/C16H25N3O2/c1-11-14(12(2)21-19-11)15(20)18-13-6-9-17-16(10-13)7-4-3-5-8-16/h13,17H,3-10H2,1-2H3,(H,18,20). The lowest BCUT2D eigenvalue weighted by molar-refractivity contribution is 0.0890. The number of carbonyl (C=O) groups is 1. The van der Waals surface area contributed by atoms with Crippen LogP contribution in [0.25, 0.3) is 0 Å². The largest absolute Gasteiger partial charge is 0.361 e. The minimum atomic E-state index is -0.0379. The fraction of sp³-hybridized carbons (Fsp3) is 0.750. The first-order valence-corrected chi connectivity index (χ1v) is 8.08. The van der Waals surface area contributed by atoms with Crippen LogP contribution in [0.4, 0.5) is 0 Å². The second-order valence-electron chi connectivity index (χ2n) is 6.63. The van der Waals surface area contributed by atoms with Crippen molar-refractivity contribution in [2.24, 2.45) is 0 Å². The van der Waals surface area contributed by atoms with Crippen molar-refractivity contribution in [1.82, 2.24) is 15.8 Å². The van der Waals surface area contributed by atoms with E-state index in [2.05, 4.69) is 15.8 Å². The third-order valence-electron chi connectivity index (χ3n) is 5.04. The van der Waals surface area contributed by atoms with Crippen LogP contribution < -0.4 is 10.6 Å². The van der Waals surface area contributed by atoms with Gasteiger partial charge in [-0.15, -0.1) is 0 Å². The number of hydrogen-bond acceptors (Lipinski definition) is 4. The first-order valence-electron chi connectivity index (χ1n) is 8.08.